The number of carbonyl (C=O) groups is 5. The maximum atomic E-state index is 14.1. The summed E-state index contributed by atoms with van der Waals surface area (Å²) in [5.41, 5.74) is 2.56. The van der Waals surface area contributed by atoms with Crippen molar-refractivity contribution in [2.24, 2.45) is 29.4 Å². The molecule has 4 rings (SSSR count). The molecule has 0 aliphatic heterocycles. The van der Waals surface area contributed by atoms with Crippen LogP contribution in [0.1, 0.15) is 43.1 Å². The van der Waals surface area contributed by atoms with Crippen molar-refractivity contribution in [2.75, 3.05) is 45.0 Å². The van der Waals surface area contributed by atoms with E-state index in [1.54, 1.807) is 39.2 Å². The summed E-state index contributed by atoms with van der Waals surface area (Å²) < 4.78 is 0. The fraction of sp³-hybridized carbons (Fsp3) is 0.586. The van der Waals surface area contributed by atoms with Gasteiger partial charge >= 0.3 is 0 Å². The van der Waals surface area contributed by atoms with Gasteiger partial charge in [-0.1, -0.05) is 0 Å². The number of aliphatic hydroxyl groups is 1. The minimum Gasteiger partial charge on any atom is -0.505 e. The molecule has 2 amide bonds. The number of phenolic OH excluding ortho intramolecular Hbond substituents is 1. The molecule has 3 aliphatic carbocycles. The van der Waals surface area contributed by atoms with E-state index in [0.717, 1.165) is 0 Å². The molecular weight excluding hydrogens is 544 g/mol. The van der Waals surface area contributed by atoms with Crippen LogP contribution in [0.4, 0.5) is 11.4 Å². The van der Waals surface area contributed by atoms with Crippen molar-refractivity contribution in [3.05, 3.63) is 17.2 Å². The van der Waals surface area contributed by atoms with Gasteiger partial charge in [0.25, 0.3) is 0 Å². The molecule has 0 saturated heterocycles. The average Bonchev–Trinajstić information content (AvgIpc) is 2.85. The molecule has 2 fully saturated rings. The van der Waals surface area contributed by atoms with Crippen LogP contribution >= 0.6 is 0 Å². The molecule has 228 valence electrons. The van der Waals surface area contributed by atoms with Crippen molar-refractivity contribution in [1.29, 1.82) is 5.41 Å². The lowest BCUT2D eigenvalue weighted by molar-refractivity contribution is -0.157. The number of benzene rings is 1. The van der Waals surface area contributed by atoms with Crippen molar-refractivity contribution < 1.29 is 34.2 Å². The van der Waals surface area contributed by atoms with Gasteiger partial charge in [-0.05, 0) is 65.3 Å². The number of ketones is 3. The molecule has 13 nitrogen and oxygen atoms in total. The lowest BCUT2D eigenvalue weighted by Gasteiger charge is -2.53. The molecule has 1 aromatic carbocycles. The number of hydrogen-bond donors (Lipinski definition) is 6. The quantitative estimate of drug-likeness (QED) is 0.190. The molecular formula is C29H40N6O7. The van der Waals surface area contributed by atoms with Crippen LogP contribution in [0.3, 0.4) is 0 Å². The maximum absolute atomic E-state index is 14.1. The van der Waals surface area contributed by atoms with Crippen molar-refractivity contribution in [3.8, 4) is 5.75 Å². The second-order valence-electron chi connectivity index (χ2n) is 13.0. The Bertz CT molecular complexity index is 1400. The summed E-state index contributed by atoms with van der Waals surface area (Å²) in [6.45, 7) is 5.62. The SMILES string of the molecule is CN(C)c1cc(NC(=O)CNC(C)(C)C)c(O)c2c1CC1CC3C(N(C)C)C(=O)C(C(N)=O)C(=N)C3(O)C(=O)C1C2=O. The Kier molecular flexibility index (Phi) is 7.85. The van der Waals surface area contributed by atoms with E-state index in [0.29, 0.717) is 11.3 Å². The first-order chi connectivity index (χ1) is 19.3. The number of nitrogens with zero attached hydrogens (tertiary/aromatic N) is 2. The van der Waals surface area contributed by atoms with Gasteiger partial charge < -0.3 is 36.9 Å². The van der Waals surface area contributed by atoms with E-state index in [1.807, 2.05) is 20.8 Å². The van der Waals surface area contributed by atoms with Gasteiger partial charge in [0.2, 0.25) is 11.8 Å². The zero-order valence-electron chi connectivity index (χ0n) is 25.0. The zero-order valence-corrected chi connectivity index (χ0v) is 25.0. The summed E-state index contributed by atoms with van der Waals surface area (Å²) >= 11 is 0. The molecule has 2 saturated carbocycles. The summed E-state index contributed by atoms with van der Waals surface area (Å²) in [6.07, 6.45) is 0.191. The van der Waals surface area contributed by atoms with E-state index in [4.69, 9.17) is 11.1 Å². The molecule has 6 atom stereocenters. The number of anilines is 2. The van der Waals surface area contributed by atoms with Crippen LogP contribution in [0.25, 0.3) is 0 Å². The van der Waals surface area contributed by atoms with Gasteiger partial charge in [-0.15, -0.1) is 0 Å². The normalized spacial score (nSPS) is 29.1. The molecule has 42 heavy (non-hydrogen) atoms. The van der Waals surface area contributed by atoms with Crippen LogP contribution in [-0.4, -0.2) is 102 Å². The number of rotatable bonds is 6. The molecule has 0 aromatic heterocycles. The predicted octanol–water partition coefficient (Wildman–Crippen LogP) is -0.290. The summed E-state index contributed by atoms with van der Waals surface area (Å²) in [5, 5.41) is 37.4. The first-order valence-corrected chi connectivity index (χ1v) is 13.8. The van der Waals surface area contributed by atoms with Gasteiger partial charge in [0.05, 0.1) is 35.5 Å². The van der Waals surface area contributed by atoms with Crippen molar-refractivity contribution >= 4 is 46.3 Å². The second-order valence-corrected chi connectivity index (χ2v) is 13.0. The molecule has 0 heterocycles. The number of carbonyl (C=O) groups excluding carboxylic acids is 5. The van der Waals surface area contributed by atoms with Gasteiger partial charge in [0, 0.05) is 31.2 Å². The first-order valence-electron chi connectivity index (χ1n) is 13.8. The number of hydrogen-bond acceptors (Lipinski definition) is 11. The van der Waals surface area contributed by atoms with E-state index in [-0.39, 0.29) is 36.2 Å². The number of nitrogens with two attached hydrogens (primary N) is 1. The smallest absolute Gasteiger partial charge is 0.238 e. The lowest BCUT2D eigenvalue weighted by atomic mass is 9.52. The summed E-state index contributed by atoms with van der Waals surface area (Å²) in [7, 11) is 6.63. The molecule has 0 bridgehead atoms. The number of fused-ring (bicyclic) bond motifs is 3. The minimum absolute atomic E-state index is 0.0118. The number of aromatic hydroxyl groups is 1. The summed E-state index contributed by atoms with van der Waals surface area (Å²) in [6, 6.07) is 0.474. The Morgan fingerprint density at radius 3 is 2.31 bits per heavy atom. The third-order valence-corrected chi connectivity index (χ3v) is 8.63. The summed E-state index contributed by atoms with van der Waals surface area (Å²) in [5.74, 6) is -9.54. The van der Waals surface area contributed by atoms with Crippen LogP contribution in [0, 0.1) is 29.1 Å². The highest BCUT2D eigenvalue weighted by Crippen LogP contribution is 2.52. The Hall–Kier alpha value is -3.68. The maximum Gasteiger partial charge on any atom is 0.238 e. The van der Waals surface area contributed by atoms with Crippen LogP contribution in [-0.2, 0) is 25.6 Å². The predicted molar refractivity (Wildman–Crippen MR) is 155 cm³/mol. The van der Waals surface area contributed by atoms with Crippen LogP contribution < -0.4 is 21.3 Å². The van der Waals surface area contributed by atoms with Gasteiger partial charge in [-0.2, -0.15) is 0 Å². The Morgan fingerprint density at radius 1 is 1.17 bits per heavy atom. The van der Waals surface area contributed by atoms with Crippen molar-refractivity contribution in [1.82, 2.24) is 10.2 Å². The number of phenols is 1. The van der Waals surface area contributed by atoms with Crippen LogP contribution in [0.15, 0.2) is 6.07 Å². The van der Waals surface area contributed by atoms with E-state index in [1.165, 1.54) is 4.90 Å². The number of amides is 2. The lowest BCUT2D eigenvalue weighted by Crippen LogP contribution is -2.73. The highest BCUT2D eigenvalue weighted by atomic mass is 16.3. The largest absolute Gasteiger partial charge is 0.505 e. The molecule has 6 unspecified atom stereocenters. The van der Waals surface area contributed by atoms with Crippen LogP contribution in [0.2, 0.25) is 0 Å². The molecule has 13 heteroatoms. The average molecular weight is 585 g/mol. The Labute approximate surface area is 244 Å². The fourth-order valence-electron chi connectivity index (χ4n) is 6.74. The van der Waals surface area contributed by atoms with Gasteiger partial charge in [0.15, 0.2) is 23.0 Å². The van der Waals surface area contributed by atoms with Gasteiger partial charge in [0.1, 0.15) is 11.7 Å². The Morgan fingerprint density at radius 2 is 1.79 bits per heavy atom. The van der Waals surface area contributed by atoms with E-state index >= 15 is 0 Å². The highest BCUT2D eigenvalue weighted by molar-refractivity contribution is 6.33. The van der Waals surface area contributed by atoms with E-state index in [9.17, 15) is 34.2 Å². The number of Topliss-reactive ketones (excluding diaryl/α,β-unsaturated/α-hetero) is 3. The molecule has 7 N–H and O–H groups in total. The topological polar surface area (TPSA) is 206 Å². The standard InChI is InChI=1S/C29H40N6O7/c1-28(2,3)32-11-17(36)33-15-10-16(34(4)5)13-8-12-9-14-21(35(6)7)24(39)20(27(31)41)25(30)29(14,42)26(40)18(12)23(38)19(13)22(15)37/h10,12,14,18,20-21,30,32,37,42H,8-9,11H2,1-7H3,(H2,31,41)(H,33,36). The van der Waals surface area contributed by atoms with Crippen LogP contribution in [0.5, 0.6) is 5.75 Å². The van der Waals surface area contributed by atoms with E-state index in [2.05, 4.69) is 10.6 Å². The third-order valence-electron chi connectivity index (χ3n) is 8.63. The van der Waals surface area contributed by atoms with Crippen molar-refractivity contribution in [2.45, 2.75) is 50.8 Å². The van der Waals surface area contributed by atoms with E-state index < -0.39 is 75.9 Å². The monoisotopic (exact) mass is 584 g/mol. The third kappa shape index (κ3) is 4.88. The van der Waals surface area contributed by atoms with Gasteiger partial charge in [-0.25, -0.2) is 0 Å². The molecule has 3 aliphatic rings. The number of primary amides is 1. The highest BCUT2D eigenvalue weighted by Gasteiger charge is 2.67. The molecule has 0 spiro atoms. The Balaban J connectivity index is 1.81. The van der Waals surface area contributed by atoms with Gasteiger partial charge in [-0.3, -0.25) is 28.9 Å². The summed E-state index contributed by atoms with van der Waals surface area (Å²) in [4.78, 5) is 69.6. The number of nitrogens with one attached hydrogen (secondary N) is 3. The molecule has 1 aromatic rings. The van der Waals surface area contributed by atoms with Crippen molar-refractivity contribution in [3.63, 3.8) is 0 Å². The second kappa shape index (κ2) is 10.5. The minimum atomic E-state index is -2.58. The first kappa shape index (κ1) is 31.3. The number of likely N-dealkylation sites (N-methyl/N-ethyl adjacent to an activating group) is 1. The zero-order chi connectivity index (χ0) is 31.6. The molecule has 0 radical (unpaired) electrons. The fourth-order valence-corrected chi connectivity index (χ4v) is 6.74.